The van der Waals surface area contributed by atoms with Crippen LogP contribution in [0.25, 0.3) is 0 Å². The fourth-order valence-corrected chi connectivity index (χ4v) is 5.10. The summed E-state index contributed by atoms with van der Waals surface area (Å²) in [6, 6.07) is 19.6. The smallest absolute Gasteiger partial charge is 0.328 e. The van der Waals surface area contributed by atoms with Crippen LogP contribution in [0.5, 0.6) is 0 Å². The molecule has 38 heavy (non-hydrogen) atoms. The molecule has 9 heteroatoms. The quantitative estimate of drug-likeness (QED) is 0.481. The van der Waals surface area contributed by atoms with Crippen molar-refractivity contribution < 1.29 is 30.1 Å². The van der Waals surface area contributed by atoms with Gasteiger partial charge in [0.15, 0.2) is 0 Å². The third kappa shape index (κ3) is 8.43. The summed E-state index contributed by atoms with van der Waals surface area (Å²) >= 11 is 0. The van der Waals surface area contributed by atoms with E-state index in [0.717, 1.165) is 37.7 Å². The molecule has 3 heterocycles. The fourth-order valence-electron chi connectivity index (χ4n) is 5.10. The molecule has 0 aromatic heterocycles. The summed E-state index contributed by atoms with van der Waals surface area (Å²) in [5.74, 6) is -1.63. The topological polar surface area (TPSA) is 133 Å². The van der Waals surface area contributed by atoms with E-state index >= 15 is 0 Å². The molecule has 1 atom stereocenters. The van der Waals surface area contributed by atoms with Crippen LogP contribution in [0.15, 0.2) is 66.7 Å². The van der Waals surface area contributed by atoms with Crippen LogP contribution >= 0.6 is 0 Å². The number of carboxylic acids is 2. The molecule has 206 valence electrons. The monoisotopic (exact) mass is 525 g/mol. The summed E-state index contributed by atoms with van der Waals surface area (Å²) in [5, 5.41) is 15.6. The highest BCUT2D eigenvalue weighted by atomic mass is 16.4. The number of nitrogens with zero attached hydrogens (tertiary/aromatic N) is 3. The Labute approximate surface area is 224 Å². The molecule has 2 bridgehead atoms. The molecule has 3 aliphatic heterocycles. The van der Waals surface area contributed by atoms with Crippen molar-refractivity contribution in [3.05, 3.63) is 77.9 Å². The highest BCUT2D eigenvalue weighted by Gasteiger charge is 2.37. The van der Waals surface area contributed by atoms with Crippen LogP contribution < -0.4 is 4.90 Å². The molecule has 2 aromatic carbocycles. The standard InChI is InChI=1S/C25H33N3O.C4H4O4.H2O/c1-3-27(4-2)25(29)22-10-12-23(13-11-22)28(18-20-8-6-5-7-9-20)24-19-26-16-14-21(24)15-17-26;5-3(6)1-2-4(7)8;/h5-13,21,24H,3-4,14-19H2,1-2H3;1-2H,(H,5,6)(H,7,8);1H2/b;2-1+;/t24-;;/m1../s1. The zero-order valence-electron chi connectivity index (χ0n) is 22.1. The number of rotatable bonds is 9. The number of aliphatic carboxylic acids is 2. The van der Waals surface area contributed by atoms with Gasteiger partial charge in [0, 0.05) is 55.6 Å². The van der Waals surface area contributed by atoms with Gasteiger partial charge in [0.2, 0.25) is 0 Å². The number of benzene rings is 2. The Bertz CT molecular complexity index is 1050. The lowest BCUT2D eigenvalue weighted by Crippen LogP contribution is -2.57. The van der Waals surface area contributed by atoms with Gasteiger partial charge in [0.1, 0.15) is 0 Å². The second kappa shape index (κ2) is 14.9. The van der Waals surface area contributed by atoms with E-state index in [0.29, 0.717) is 18.2 Å². The highest BCUT2D eigenvalue weighted by Crippen LogP contribution is 2.34. The average Bonchev–Trinajstić information content (AvgIpc) is 2.93. The third-order valence-corrected chi connectivity index (χ3v) is 7.08. The van der Waals surface area contributed by atoms with E-state index in [1.807, 2.05) is 30.9 Å². The summed E-state index contributed by atoms with van der Waals surface area (Å²) in [4.78, 5) is 38.9. The SMILES string of the molecule is CCN(CC)C(=O)c1ccc(N(Cc2ccccc2)[C@@H]2CN3CCC2CC3)cc1.O.O=C(O)/C=C/C(=O)O. The van der Waals surface area contributed by atoms with Gasteiger partial charge in [-0.15, -0.1) is 0 Å². The highest BCUT2D eigenvalue weighted by molar-refractivity contribution is 5.94. The summed E-state index contributed by atoms with van der Waals surface area (Å²) in [5.41, 5.74) is 3.35. The first-order valence-corrected chi connectivity index (χ1v) is 12.9. The van der Waals surface area contributed by atoms with E-state index in [-0.39, 0.29) is 11.4 Å². The van der Waals surface area contributed by atoms with Crippen molar-refractivity contribution in [2.45, 2.75) is 39.3 Å². The maximum absolute atomic E-state index is 12.7. The van der Waals surface area contributed by atoms with Crippen LogP contribution in [0.4, 0.5) is 5.69 Å². The molecule has 5 rings (SSSR count). The molecule has 3 fully saturated rings. The summed E-state index contributed by atoms with van der Waals surface area (Å²) in [7, 11) is 0. The van der Waals surface area contributed by atoms with Crippen LogP contribution in [-0.4, -0.2) is 82.1 Å². The van der Waals surface area contributed by atoms with Gasteiger partial charge < -0.3 is 30.4 Å². The number of anilines is 1. The van der Waals surface area contributed by atoms with Gasteiger partial charge >= 0.3 is 11.9 Å². The number of piperidine rings is 3. The lowest BCUT2D eigenvalue weighted by Gasteiger charge is -2.50. The fraction of sp³-hybridized carbons (Fsp3) is 0.414. The van der Waals surface area contributed by atoms with E-state index in [1.54, 1.807) is 0 Å². The first kappa shape index (κ1) is 30.5. The van der Waals surface area contributed by atoms with Crippen LogP contribution in [-0.2, 0) is 16.1 Å². The minimum atomic E-state index is -1.26. The van der Waals surface area contributed by atoms with Crippen molar-refractivity contribution in [3.8, 4) is 0 Å². The molecule has 4 N–H and O–H groups in total. The van der Waals surface area contributed by atoms with Gasteiger partial charge in [-0.1, -0.05) is 30.3 Å². The van der Waals surface area contributed by atoms with E-state index in [4.69, 9.17) is 10.2 Å². The Hall–Kier alpha value is -3.69. The number of carbonyl (C=O) groups excluding carboxylic acids is 1. The zero-order chi connectivity index (χ0) is 26.8. The first-order valence-electron chi connectivity index (χ1n) is 12.9. The van der Waals surface area contributed by atoms with Crippen LogP contribution in [0.1, 0.15) is 42.6 Å². The molecular weight excluding hydrogens is 486 g/mol. The average molecular weight is 526 g/mol. The second-order valence-corrected chi connectivity index (χ2v) is 9.35. The Morgan fingerprint density at radius 1 is 0.895 bits per heavy atom. The van der Waals surface area contributed by atoms with Crippen molar-refractivity contribution in [2.75, 3.05) is 37.6 Å². The van der Waals surface area contributed by atoms with Gasteiger partial charge in [-0.05, 0) is 75.5 Å². The van der Waals surface area contributed by atoms with Gasteiger partial charge in [0.05, 0.1) is 0 Å². The molecule has 0 spiro atoms. The first-order chi connectivity index (χ1) is 17.8. The van der Waals surface area contributed by atoms with Gasteiger partial charge in [-0.3, -0.25) is 4.79 Å². The molecule has 1 amide bonds. The molecule has 3 saturated heterocycles. The van der Waals surface area contributed by atoms with Crippen molar-refractivity contribution in [1.82, 2.24) is 9.80 Å². The molecule has 0 radical (unpaired) electrons. The van der Waals surface area contributed by atoms with Gasteiger partial charge in [-0.2, -0.15) is 0 Å². The molecule has 0 unspecified atom stereocenters. The number of amides is 1. The molecular formula is C29H39N3O6. The Morgan fingerprint density at radius 3 is 1.89 bits per heavy atom. The van der Waals surface area contributed by atoms with E-state index in [1.165, 1.54) is 37.2 Å². The summed E-state index contributed by atoms with van der Waals surface area (Å²) in [6.45, 7) is 10.1. The normalized spacial score (nSPS) is 19.6. The number of hydrogen-bond acceptors (Lipinski definition) is 5. The number of hydrogen-bond donors (Lipinski definition) is 2. The maximum atomic E-state index is 12.7. The van der Waals surface area contributed by atoms with Crippen LogP contribution in [0, 0.1) is 5.92 Å². The zero-order valence-corrected chi connectivity index (χ0v) is 22.1. The van der Waals surface area contributed by atoms with Gasteiger partial charge in [0.25, 0.3) is 5.91 Å². The number of fused-ring (bicyclic) bond motifs is 3. The van der Waals surface area contributed by atoms with E-state index in [2.05, 4.69) is 52.3 Å². The Balaban J connectivity index is 0.000000493. The minimum Gasteiger partial charge on any atom is -0.478 e. The van der Waals surface area contributed by atoms with E-state index in [9.17, 15) is 14.4 Å². The van der Waals surface area contributed by atoms with E-state index < -0.39 is 11.9 Å². The van der Waals surface area contributed by atoms with Crippen molar-refractivity contribution in [2.24, 2.45) is 5.92 Å². The predicted octanol–water partition coefficient (Wildman–Crippen LogP) is 3.16. The lowest BCUT2D eigenvalue weighted by atomic mass is 9.82. The largest absolute Gasteiger partial charge is 0.478 e. The van der Waals surface area contributed by atoms with Crippen molar-refractivity contribution >= 4 is 23.5 Å². The summed E-state index contributed by atoms with van der Waals surface area (Å²) in [6.07, 6.45) is 3.72. The molecule has 0 saturated carbocycles. The predicted molar refractivity (Wildman–Crippen MR) is 147 cm³/mol. The van der Waals surface area contributed by atoms with Crippen LogP contribution in [0.3, 0.4) is 0 Å². The molecule has 0 aliphatic carbocycles. The van der Waals surface area contributed by atoms with Crippen LogP contribution in [0.2, 0.25) is 0 Å². The van der Waals surface area contributed by atoms with Crippen molar-refractivity contribution in [1.29, 1.82) is 0 Å². The number of carbonyl (C=O) groups is 3. The lowest BCUT2D eigenvalue weighted by molar-refractivity contribution is -0.134. The third-order valence-electron chi connectivity index (χ3n) is 7.08. The number of carboxylic acid groups (broad SMARTS) is 2. The Morgan fingerprint density at radius 2 is 1.45 bits per heavy atom. The molecule has 9 nitrogen and oxygen atoms in total. The Kier molecular flexibility index (Phi) is 12.0. The summed E-state index contributed by atoms with van der Waals surface area (Å²) < 4.78 is 0. The molecule has 2 aromatic rings. The van der Waals surface area contributed by atoms with Gasteiger partial charge in [-0.25, -0.2) is 9.59 Å². The second-order valence-electron chi connectivity index (χ2n) is 9.35. The minimum absolute atomic E-state index is 0. The maximum Gasteiger partial charge on any atom is 0.328 e. The van der Waals surface area contributed by atoms with Crippen molar-refractivity contribution in [3.63, 3.8) is 0 Å². The molecule has 3 aliphatic rings.